The molecular formula is C9H8BrFO. The Hall–Kier alpha value is -0.700. The van der Waals surface area contributed by atoms with E-state index in [0.29, 0.717) is 10.8 Å². The summed E-state index contributed by atoms with van der Waals surface area (Å²) in [5, 5.41) is 0. The van der Waals surface area contributed by atoms with E-state index in [1.807, 2.05) is 6.92 Å². The van der Waals surface area contributed by atoms with Gasteiger partial charge in [-0.2, -0.15) is 0 Å². The topological polar surface area (TPSA) is 17.1 Å². The number of rotatable bonds is 2. The average molecular weight is 231 g/mol. The molecule has 0 saturated heterocycles. The quantitative estimate of drug-likeness (QED) is 0.715. The third-order valence-corrected chi connectivity index (χ3v) is 2.23. The van der Waals surface area contributed by atoms with Gasteiger partial charge in [-0.15, -0.1) is 0 Å². The molecule has 64 valence electrons. The fourth-order valence-electron chi connectivity index (χ4n) is 0.959. The van der Waals surface area contributed by atoms with E-state index in [2.05, 4.69) is 15.9 Å². The molecule has 0 unspecified atom stereocenters. The highest BCUT2D eigenvalue weighted by molar-refractivity contribution is 9.10. The van der Waals surface area contributed by atoms with E-state index in [9.17, 15) is 9.18 Å². The highest BCUT2D eigenvalue weighted by atomic mass is 79.9. The smallest absolute Gasteiger partial charge is 0.153 e. The van der Waals surface area contributed by atoms with Crippen molar-refractivity contribution in [2.24, 2.45) is 0 Å². The van der Waals surface area contributed by atoms with Crippen molar-refractivity contribution >= 4 is 22.2 Å². The van der Waals surface area contributed by atoms with E-state index in [0.717, 1.165) is 12.0 Å². The first kappa shape index (κ1) is 9.39. The lowest BCUT2D eigenvalue weighted by Crippen LogP contribution is -1.92. The van der Waals surface area contributed by atoms with Crippen LogP contribution in [0.2, 0.25) is 0 Å². The molecule has 1 aromatic carbocycles. The Morgan fingerprint density at radius 1 is 1.58 bits per heavy atom. The van der Waals surface area contributed by atoms with Crippen LogP contribution in [0.15, 0.2) is 16.6 Å². The summed E-state index contributed by atoms with van der Waals surface area (Å²) in [6.45, 7) is 1.95. The van der Waals surface area contributed by atoms with Crippen molar-refractivity contribution in [2.75, 3.05) is 0 Å². The van der Waals surface area contributed by atoms with E-state index in [1.54, 1.807) is 12.1 Å². The second-order valence-corrected chi connectivity index (χ2v) is 3.31. The van der Waals surface area contributed by atoms with Gasteiger partial charge in [-0.05, 0) is 40.0 Å². The highest BCUT2D eigenvalue weighted by Crippen LogP contribution is 2.20. The van der Waals surface area contributed by atoms with Crippen LogP contribution >= 0.6 is 15.9 Å². The van der Waals surface area contributed by atoms with Crippen molar-refractivity contribution in [1.82, 2.24) is 0 Å². The maximum atomic E-state index is 13.0. The van der Waals surface area contributed by atoms with Crippen molar-refractivity contribution in [3.63, 3.8) is 0 Å². The van der Waals surface area contributed by atoms with Gasteiger partial charge in [0.1, 0.15) is 5.82 Å². The van der Waals surface area contributed by atoms with Crippen LogP contribution in [0, 0.1) is 5.82 Å². The van der Waals surface area contributed by atoms with Gasteiger partial charge in [-0.3, -0.25) is 4.79 Å². The fraction of sp³-hybridized carbons (Fsp3) is 0.222. The molecule has 0 aliphatic carbocycles. The molecule has 0 bridgehead atoms. The van der Waals surface area contributed by atoms with Crippen LogP contribution in [0.3, 0.4) is 0 Å². The van der Waals surface area contributed by atoms with Gasteiger partial charge in [0.15, 0.2) is 6.29 Å². The van der Waals surface area contributed by atoms with Gasteiger partial charge < -0.3 is 0 Å². The monoisotopic (exact) mass is 230 g/mol. The Bertz CT molecular complexity index is 310. The second kappa shape index (κ2) is 3.81. The molecule has 0 saturated carbocycles. The summed E-state index contributed by atoms with van der Waals surface area (Å²) in [7, 11) is 0. The van der Waals surface area contributed by atoms with Crippen molar-refractivity contribution < 1.29 is 9.18 Å². The normalized spacial score (nSPS) is 9.92. The third kappa shape index (κ3) is 1.72. The van der Waals surface area contributed by atoms with Gasteiger partial charge in [0.05, 0.1) is 10.0 Å². The average Bonchev–Trinajstić information content (AvgIpc) is 2.09. The third-order valence-electron chi connectivity index (χ3n) is 1.65. The highest BCUT2D eigenvalue weighted by Gasteiger charge is 2.06. The molecule has 0 aliphatic heterocycles. The first-order valence-corrected chi connectivity index (χ1v) is 4.41. The molecular weight excluding hydrogens is 223 g/mol. The number of halogens is 2. The summed E-state index contributed by atoms with van der Waals surface area (Å²) < 4.78 is 13.4. The number of hydrogen-bond donors (Lipinski definition) is 0. The Morgan fingerprint density at radius 3 is 2.75 bits per heavy atom. The van der Waals surface area contributed by atoms with Crippen LogP contribution in [0.5, 0.6) is 0 Å². The summed E-state index contributed by atoms with van der Waals surface area (Å²) in [5.74, 6) is -0.484. The van der Waals surface area contributed by atoms with Crippen LogP contribution in [0.1, 0.15) is 22.8 Å². The van der Waals surface area contributed by atoms with Gasteiger partial charge >= 0.3 is 0 Å². The van der Waals surface area contributed by atoms with Crippen LogP contribution < -0.4 is 0 Å². The Balaban J connectivity index is 3.28. The Morgan fingerprint density at radius 2 is 2.25 bits per heavy atom. The predicted octanol–water partition coefficient (Wildman–Crippen LogP) is 2.96. The molecule has 0 spiro atoms. The number of benzene rings is 1. The van der Waals surface area contributed by atoms with Gasteiger partial charge in [-0.1, -0.05) is 6.92 Å². The van der Waals surface area contributed by atoms with Crippen molar-refractivity contribution in [1.29, 1.82) is 0 Å². The standard InChI is InChI=1S/C9H8BrFO/c1-2-6-3-7(5-12)9(11)8(10)4-6/h3-5H,2H2,1H3. The molecule has 0 aliphatic rings. The number of aryl methyl sites for hydroxylation is 1. The molecule has 3 heteroatoms. The molecule has 0 aromatic heterocycles. The molecule has 0 heterocycles. The van der Waals surface area contributed by atoms with Crippen LogP contribution in [0.4, 0.5) is 4.39 Å². The predicted molar refractivity (Wildman–Crippen MR) is 48.9 cm³/mol. The summed E-state index contributed by atoms with van der Waals surface area (Å²) in [5.41, 5.74) is 1.06. The van der Waals surface area contributed by atoms with E-state index in [4.69, 9.17) is 0 Å². The zero-order valence-electron chi connectivity index (χ0n) is 6.60. The van der Waals surface area contributed by atoms with E-state index in [-0.39, 0.29) is 5.56 Å². The molecule has 0 fully saturated rings. The molecule has 1 nitrogen and oxygen atoms in total. The summed E-state index contributed by atoms with van der Waals surface area (Å²) in [6, 6.07) is 3.25. The maximum Gasteiger partial charge on any atom is 0.153 e. The lowest BCUT2D eigenvalue weighted by Gasteiger charge is -2.01. The molecule has 0 N–H and O–H groups in total. The number of aldehydes is 1. The minimum absolute atomic E-state index is 0.112. The minimum Gasteiger partial charge on any atom is -0.298 e. The molecule has 1 aromatic rings. The Kier molecular flexibility index (Phi) is 2.98. The number of carbonyl (C=O) groups is 1. The summed E-state index contributed by atoms with van der Waals surface area (Å²) in [4.78, 5) is 10.4. The minimum atomic E-state index is -0.484. The first-order valence-electron chi connectivity index (χ1n) is 3.62. The van der Waals surface area contributed by atoms with Crippen molar-refractivity contribution in [3.8, 4) is 0 Å². The zero-order valence-corrected chi connectivity index (χ0v) is 8.19. The summed E-state index contributed by atoms with van der Waals surface area (Å²) in [6.07, 6.45) is 1.32. The van der Waals surface area contributed by atoms with Crippen LogP contribution in [-0.4, -0.2) is 6.29 Å². The SMILES string of the molecule is CCc1cc(Br)c(F)c(C=O)c1. The van der Waals surface area contributed by atoms with Crippen molar-refractivity contribution in [3.05, 3.63) is 33.5 Å². The molecule has 1 rings (SSSR count). The van der Waals surface area contributed by atoms with E-state index in [1.165, 1.54) is 0 Å². The van der Waals surface area contributed by atoms with Gasteiger partial charge in [0.25, 0.3) is 0 Å². The van der Waals surface area contributed by atoms with Crippen LogP contribution in [-0.2, 0) is 6.42 Å². The fourth-order valence-corrected chi connectivity index (χ4v) is 1.48. The maximum absolute atomic E-state index is 13.0. The van der Waals surface area contributed by atoms with Gasteiger partial charge in [0, 0.05) is 0 Å². The van der Waals surface area contributed by atoms with Crippen molar-refractivity contribution in [2.45, 2.75) is 13.3 Å². The Labute approximate surface area is 78.7 Å². The largest absolute Gasteiger partial charge is 0.298 e. The molecule has 0 radical (unpaired) electrons. The van der Waals surface area contributed by atoms with E-state index < -0.39 is 5.82 Å². The summed E-state index contributed by atoms with van der Waals surface area (Å²) >= 11 is 3.04. The van der Waals surface area contributed by atoms with Gasteiger partial charge in [0.2, 0.25) is 0 Å². The van der Waals surface area contributed by atoms with E-state index >= 15 is 0 Å². The van der Waals surface area contributed by atoms with Crippen LogP contribution in [0.25, 0.3) is 0 Å². The second-order valence-electron chi connectivity index (χ2n) is 2.45. The first-order chi connectivity index (χ1) is 5.69. The molecule has 0 atom stereocenters. The number of hydrogen-bond acceptors (Lipinski definition) is 1. The zero-order chi connectivity index (χ0) is 9.14. The van der Waals surface area contributed by atoms with Gasteiger partial charge in [-0.25, -0.2) is 4.39 Å². The molecule has 12 heavy (non-hydrogen) atoms. The number of carbonyl (C=O) groups excluding carboxylic acids is 1. The lowest BCUT2D eigenvalue weighted by molar-refractivity contribution is 0.111. The molecule has 0 amide bonds. The lowest BCUT2D eigenvalue weighted by atomic mass is 10.1.